The van der Waals surface area contributed by atoms with Crippen molar-refractivity contribution in [1.29, 1.82) is 0 Å². The lowest BCUT2D eigenvalue weighted by atomic mass is 9.30. The molecule has 15 aliphatic carbocycles. The Hall–Kier alpha value is -5.96. The van der Waals surface area contributed by atoms with Gasteiger partial charge in [-0.15, -0.1) is 0 Å². The normalized spacial score (nSPS) is 48.6. The maximum Gasteiger partial charge on any atom is 0.333 e. The fourth-order valence-corrected chi connectivity index (χ4v) is 38.8. The van der Waals surface area contributed by atoms with Crippen LogP contribution in [0.3, 0.4) is 0 Å². The average molecular weight is 2000 g/mol. The van der Waals surface area contributed by atoms with Gasteiger partial charge >= 0.3 is 35.8 Å². The zero-order valence-corrected chi connectivity index (χ0v) is 92.9. The van der Waals surface area contributed by atoms with Crippen LogP contribution in [0.2, 0.25) is 0 Å². The number of carbonyl (C=O) groups is 6. The number of hydrogen-bond acceptors (Lipinski definition) is 23. The first-order valence-corrected chi connectivity index (χ1v) is 55.3. The van der Waals surface area contributed by atoms with Crippen LogP contribution >= 0.6 is 0 Å². The molecule has 37 atom stereocenters. The second-order valence-electron chi connectivity index (χ2n) is 55.5. The fraction of sp³-hybridized carbons (Fsp3) is 0.802. The minimum atomic E-state index is -1.44. The molecule has 804 valence electrons. The van der Waals surface area contributed by atoms with Gasteiger partial charge < -0.3 is 83.9 Å². The smallest absolute Gasteiger partial charge is 0.333 e. The van der Waals surface area contributed by atoms with Crippen molar-refractivity contribution in [3.63, 3.8) is 0 Å². The predicted molar refractivity (Wildman–Crippen MR) is 550 cm³/mol. The molecule has 2 spiro atoms. The van der Waals surface area contributed by atoms with Gasteiger partial charge in [-0.1, -0.05) is 212 Å². The van der Waals surface area contributed by atoms with Crippen LogP contribution in [0.5, 0.6) is 0 Å². The molecule has 23 nitrogen and oxygen atoms in total. The first-order valence-electron chi connectivity index (χ1n) is 55.3. The third kappa shape index (κ3) is 15.2. The van der Waals surface area contributed by atoms with Crippen LogP contribution in [0.1, 0.15) is 361 Å². The molecule has 2 heterocycles. The average Bonchev–Trinajstić information content (AvgIpc) is 1.39. The summed E-state index contributed by atoms with van der Waals surface area (Å²) < 4.78 is 51.6. The molecule has 9 N–H and O–H groups in total. The van der Waals surface area contributed by atoms with Crippen LogP contribution in [0.15, 0.2) is 94.7 Å². The van der Waals surface area contributed by atoms with Crippen LogP contribution in [-0.4, -0.2) is 185 Å². The van der Waals surface area contributed by atoms with Gasteiger partial charge in [0.2, 0.25) is 0 Å². The summed E-state index contributed by atoms with van der Waals surface area (Å²) >= 11 is 0. The third-order valence-corrected chi connectivity index (χ3v) is 47.8. The number of esters is 6. The van der Waals surface area contributed by atoms with Crippen molar-refractivity contribution in [2.24, 2.45) is 151 Å². The highest BCUT2D eigenvalue weighted by Crippen LogP contribution is 2.86. The Morgan fingerprint density at radius 2 is 0.708 bits per heavy atom. The monoisotopic (exact) mass is 2000 g/mol. The molecule has 4 bridgehead atoms. The molecular weight excluding hydrogens is 1820 g/mol. The molecule has 1 aromatic rings. The minimum Gasteiger partial charge on any atom is -0.458 e. The van der Waals surface area contributed by atoms with E-state index in [0.717, 1.165) is 108 Å². The Morgan fingerprint density at radius 1 is 0.361 bits per heavy atom. The first-order chi connectivity index (χ1) is 66.7. The third-order valence-electron chi connectivity index (χ3n) is 47.8. The Kier molecular flexibility index (Phi) is 28.2. The highest BCUT2D eigenvalue weighted by molar-refractivity contribution is 5.90. The van der Waals surface area contributed by atoms with Gasteiger partial charge in [-0.3, -0.25) is 4.79 Å². The van der Waals surface area contributed by atoms with E-state index in [4.69, 9.17) is 37.9 Å². The molecule has 17 aliphatic rings. The molecule has 2 saturated heterocycles. The number of benzene rings is 1. The van der Waals surface area contributed by atoms with Crippen LogP contribution < -0.4 is 0 Å². The van der Waals surface area contributed by atoms with Crippen LogP contribution in [0.25, 0.3) is 6.08 Å². The van der Waals surface area contributed by atoms with Crippen molar-refractivity contribution in [3.8, 4) is 0 Å². The molecule has 0 amide bonds. The molecule has 23 heteroatoms. The molecule has 1 aromatic carbocycles. The van der Waals surface area contributed by atoms with E-state index >= 15 is 0 Å². The van der Waals surface area contributed by atoms with Crippen LogP contribution in [-0.2, 0) is 66.7 Å². The summed E-state index contributed by atoms with van der Waals surface area (Å²) in [7, 11) is 0. The number of fused-ring (bicyclic) bond motifs is 15. The van der Waals surface area contributed by atoms with Gasteiger partial charge in [0.15, 0.2) is 30.9 Å². The zero-order valence-electron chi connectivity index (χ0n) is 92.9. The molecule has 0 radical (unpaired) electrons. The van der Waals surface area contributed by atoms with Crippen molar-refractivity contribution in [3.05, 3.63) is 100 Å². The van der Waals surface area contributed by atoms with Crippen LogP contribution in [0, 0.1) is 151 Å². The summed E-state index contributed by atoms with van der Waals surface area (Å²) in [6.07, 6.45) is 17.4. The Labute approximate surface area is 859 Å². The lowest BCUT2D eigenvalue weighted by Crippen LogP contribution is -2.77. The number of ether oxygens (including phenoxy) is 8. The SMILES string of the molecule is C/C=C(/C)C(=O)O[C@H]1[C@H](OC(=O)/C(C)=C\C)[C@@]23C(CC1(C)C)[C@]1(CCC4[C@@]5(C)CC[C@H](O)C(C)(C)C5CC[C@@]4(C)[C@]1(C)C[C@H]2O)O[C@@H]3O.C/C=C(/C)C(=O)O[C@H]1[C@H](OC(=O)/C=C\c2ccccc2)[C@@]23C(CC1(C)C)[C@]1(CCC4[C@@]5(C)CC[C@H](O)C(C)(C)C5CC[C@@]4(C)[C@]1(C)C[C@H]2O)O[C@@H]3O.C/C=C(/C)C(=O)O[C@H]1[C@H](OC(C)=O)C(C)(C)CC2C3=CCC4[C@@]5(C)CC[C@H](O)C(C)(C)C5CC[C@@]4(C)[C@]3(C)C[C@@H](O)[C@]21CO. The number of rotatable bonds is 13. The summed E-state index contributed by atoms with van der Waals surface area (Å²) in [6, 6.07) is 9.45. The molecule has 14 saturated carbocycles. The van der Waals surface area contributed by atoms with Gasteiger partial charge in [0.05, 0.1) is 70.7 Å². The predicted octanol–water partition coefficient (Wildman–Crippen LogP) is 20.2. The second kappa shape index (κ2) is 36.7. The van der Waals surface area contributed by atoms with E-state index in [1.54, 1.807) is 85.8 Å². The van der Waals surface area contributed by atoms with E-state index < -0.39 is 158 Å². The molecular formula is C121H182O23. The summed E-state index contributed by atoms with van der Waals surface area (Å²) in [5, 5.41) is 107. The molecule has 16 fully saturated rings. The Balaban J connectivity index is 0.000000155. The van der Waals surface area contributed by atoms with E-state index in [0.29, 0.717) is 103 Å². The van der Waals surface area contributed by atoms with Crippen molar-refractivity contribution < 1.29 is 113 Å². The van der Waals surface area contributed by atoms with E-state index in [1.807, 2.05) is 71.9 Å². The first kappa shape index (κ1) is 111. The van der Waals surface area contributed by atoms with Crippen LogP contribution in [0.4, 0.5) is 0 Å². The van der Waals surface area contributed by atoms with E-state index in [1.165, 1.54) is 18.6 Å². The molecule has 2 aliphatic heterocycles. The number of allylic oxidation sites excluding steroid dienone is 6. The van der Waals surface area contributed by atoms with Crippen molar-refractivity contribution >= 4 is 41.9 Å². The molecule has 18 rings (SSSR count). The second-order valence-corrected chi connectivity index (χ2v) is 55.5. The number of hydrogen-bond donors (Lipinski definition) is 9. The zero-order chi connectivity index (χ0) is 106. The van der Waals surface area contributed by atoms with Gasteiger partial charge in [0.25, 0.3) is 0 Å². The largest absolute Gasteiger partial charge is 0.458 e. The number of carbonyl (C=O) groups excluding carboxylic acids is 6. The summed E-state index contributed by atoms with van der Waals surface area (Å²) in [6.45, 7) is 62.1. The van der Waals surface area contributed by atoms with Gasteiger partial charge in [-0.05, 0) is 310 Å². The van der Waals surface area contributed by atoms with E-state index in [9.17, 15) is 74.7 Å². The summed E-state index contributed by atoms with van der Waals surface area (Å²) in [5.41, 5.74) is -6.14. The standard InChI is InChI=1S/C44H62O8.C40H62O8.C37H58O7/c1-10-26(2)36(48)51-34-35(50-33(47)17-16-27-14-12-11-13-15-27)44-30(24-38(34,3)4)43(52-37(44)49)23-19-29-40(7)21-20-31(45)39(5,6)28(40)18-22-41(29,8)42(43,9)25-32(44)46;1-12-22(3)31(43)46-29-30(47-32(44)23(4)13-2)40-26(20-34(29,5)6)39(48-33(40)45)19-15-25-36(9)17-16-27(41)35(7,8)24(36)14-18-37(25,10)38(39,11)21-28(40)42;1-11-21(2)31(42)44-30-29(43-22(3)39)32(4,5)18-24-23-12-13-26-34(8)16-15-27(40)33(6,7)25(34)14-17-35(26,9)36(23,10)19-28(41)37(24,30)20-38/h10-17,28-32,34-35,37,45-46,49H,18-25H2,1-9H3;12-13,24-30,33,41-42,45H,14-21H2,1-11H3;11-12,24-30,38,40-41H,13-20H2,1-10H3/b17-16-,26-10-;22-12-,23-13-;21-11-/t28?,29?,30?,31-,32+,34-,35-,37-,40-,41+,42-,43-,44+;24?,25?,26?,27-,28+,29-,30-,33-,36-,37+,38-,39-,40+;24?,25?,26?,27-,28+,29-,30-,34-,35+,36+,37-/m000/s1. The van der Waals surface area contributed by atoms with E-state index in [-0.39, 0.29) is 96.8 Å². The lowest BCUT2D eigenvalue weighted by molar-refractivity contribution is -0.312. The number of aliphatic hydroxyl groups excluding tert-OH is 9. The molecule has 9 unspecified atom stereocenters. The summed E-state index contributed by atoms with van der Waals surface area (Å²) in [5.74, 6) is -1.97. The fourth-order valence-electron chi connectivity index (χ4n) is 38.8. The summed E-state index contributed by atoms with van der Waals surface area (Å²) in [4.78, 5) is 80.0. The Morgan fingerprint density at radius 3 is 1.09 bits per heavy atom. The topological polar surface area (TPSA) is 358 Å². The highest BCUT2D eigenvalue weighted by atomic mass is 16.7. The van der Waals surface area contributed by atoms with Gasteiger partial charge in [-0.25, -0.2) is 24.0 Å². The number of aliphatic hydroxyl groups is 9. The van der Waals surface area contributed by atoms with Crippen molar-refractivity contribution in [2.45, 2.75) is 452 Å². The quantitative estimate of drug-likeness (QED) is 0.0383. The van der Waals surface area contributed by atoms with Gasteiger partial charge in [-0.2, -0.15) is 0 Å². The molecule has 144 heavy (non-hydrogen) atoms. The Bertz CT molecular complexity index is 5320. The molecule has 0 aromatic heterocycles. The van der Waals surface area contributed by atoms with Crippen molar-refractivity contribution in [1.82, 2.24) is 0 Å². The van der Waals surface area contributed by atoms with Gasteiger partial charge in [0.1, 0.15) is 18.3 Å². The maximum absolute atomic E-state index is 13.8. The highest BCUT2D eigenvalue weighted by Gasteiger charge is 2.89. The lowest BCUT2D eigenvalue weighted by Gasteiger charge is -2.75. The van der Waals surface area contributed by atoms with Gasteiger partial charge in [0, 0.05) is 74.2 Å². The van der Waals surface area contributed by atoms with Crippen molar-refractivity contribution in [2.75, 3.05) is 6.61 Å². The maximum atomic E-state index is 13.8. The van der Waals surface area contributed by atoms with E-state index in [2.05, 4.69) is 110 Å². The minimum absolute atomic E-state index is 0.00992.